The number of nitrogens with two attached hydrogens (primary N) is 1. The van der Waals surface area contributed by atoms with Crippen molar-refractivity contribution in [1.29, 1.82) is 0 Å². The molecule has 0 aliphatic carbocycles. The van der Waals surface area contributed by atoms with Crippen LogP contribution in [0.1, 0.15) is 21.7 Å². The highest BCUT2D eigenvalue weighted by Gasteiger charge is 2.31. The summed E-state index contributed by atoms with van der Waals surface area (Å²) in [6, 6.07) is 9.36. The number of carbonyl (C=O) groups is 1. The first-order valence-electron chi connectivity index (χ1n) is 8.24. The van der Waals surface area contributed by atoms with Gasteiger partial charge in [0, 0.05) is 11.1 Å². The fraction of sp³-hybridized carbons (Fsp3) is 0.105. The van der Waals surface area contributed by atoms with Crippen LogP contribution < -0.4 is 11.3 Å². The van der Waals surface area contributed by atoms with Crippen molar-refractivity contribution in [3.8, 4) is 22.5 Å². The number of rotatable bonds is 3. The number of hydrogen-bond acceptors (Lipinski definition) is 4. The average molecular weight is 426 g/mol. The molecular formula is C19H12F6N4O. The van der Waals surface area contributed by atoms with Crippen molar-refractivity contribution in [3.05, 3.63) is 71.5 Å². The molecular weight excluding hydrogens is 414 g/mol. The third-order valence-electron chi connectivity index (χ3n) is 4.08. The molecule has 5 nitrogen and oxygen atoms in total. The molecule has 3 aromatic rings. The number of aromatic nitrogens is 2. The number of halogens is 6. The number of hydrazine groups is 1. The molecule has 0 spiro atoms. The van der Waals surface area contributed by atoms with Crippen molar-refractivity contribution in [2.24, 2.45) is 5.84 Å². The molecule has 3 N–H and O–H groups in total. The zero-order valence-electron chi connectivity index (χ0n) is 14.8. The lowest BCUT2D eigenvalue weighted by molar-refractivity contribution is -0.138. The van der Waals surface area contributed by atoms with Crippen LogP contribution in [0.2, 0.25) is 0 Å². The van der Waals surface area contributed by atoms with E-state index in [-0.39, 0.29) is 22.5 Å². The van der Waals surface area contributed by atoms with E-state index in [4.69, 9.17) is 5.84 Å². The quantitative estimate of drug-likeness (QED) is 0.281. The maximum absolute atomic E-state index is 12.8. The number of nitrogen functional groups attached to an aromatic ring is 1. The van der Waals surface area contributed by atoms with E-state index in [1.165, 1.54) is 6.07 Å². The molecule has 156 valence electrons. The van der Waals surface area contributed by atoms with Crippen molar-refractivity contribution in [1.82, 2.24) is 15.4 Å². The van der Waals surface area contributed by atoms with Gasteiger partial charge in [0.1, 0.15) is 0 Å². The summed E-state index contributed by atoms with van der Waals surface area (Å²) in [5, 5.41) is 0. The van der Waals surface area contributed by atoms with Gasteiger partial charge in [-0.05, 0) is 30.3 Å². The molecule has 2 aromatic carbocycles. The van der Waals surface area contributed by atoms with E-state index in [1.54, 1.807) is 0 Å². The van der Waals surface area contributed by atoms with Gasteiger partial charge in [0.25, 0.3) is 0 Å². The second-order valence-electron chi connectivity index (χ2n) is 6.09. The Hall–Kier alpha value is -3.47. The largest absolute Gasteiger partial charge is 0.416 e. The normalized spacial score (nSPS) is 12.0. The molecule has 0 saturated heterocycles. The van der Waals surface area contributed by atoms with E-state index < -0.39 is 35.2 Å². The number of amides is 1. The molecule has 0 aliphatic heterocycles. The van der Waals surface area contributed by atoms with Gasteiger partial charge in [-0.25, -0.2) is 15.8 Å². The lowest BCUT2D eigenvalue weighted by Crippen LogP contribution is -2.31. The molecule has 3 rings (SSSR count). The highest BCUT2D eigenvalue weighted by atomic mass is 19.4. The Bertz CT molecular complexity index is 985. The molecule has 0 atom stereocenters. The second-order valence-corrected chi connectivity index (χ2v) is 6.09. The highest BCUT2D eigenvalue weighted by molar-refractivity contribution is 5.91. The van der Waals surface area contributed by atoms with Gasteiger partial charge in [0.15, 0.2) is 0 Å². The Morgan fingerprint density at radius 1 is 0.733 bits per heavy atom. The molecule has 1 amide bonds. The van der Waals surface area contributed by atoms with Gasteiger partial charge in [-0.2, -0.15) is 26.3 Å². The van der Waals surface area contributed by atoms with E-state index in [9.17, 15) is 31.1 Å². The second kappa shape index (κ2) is 7.75. The molecule has 0 radical (unpaired) electrons. The minimum atomic E-state index is -4.53. The number of carbonyl (C=O) groups excluding carboxylic acids is 1. The summed E-state index contributed by atoms with van der Waals surface area (Å²) in [7, 11) is 0. The van der Waals surface area contributed by atoms with E-state index in [2.05, 4.69) is 9.97 Å². The van der Waals surface area contributed by atoms with Crippen molar-refractivity contribution >= 4 is 5.91 Å². The number of nitrogens with zero attached hydrogens (tertiary/aromatic N) is 2. The van der Waals surface area contributed by atoms with Crippen molar-refractivity contribution < 1.29 is 31.1 Å². The standard InChI is InChI=1S/C19H12F6N4O/c20-18(21,22)12-5-1-10(2-6-12)14-9-15(28-16(27-14)17(30)29-26)11-3-7-13(8-4-11)19(23,24)25/h1-9H,26H2,(H,29,30). The van der Waals surface area contributed by atoms with E-state index >= 15 is 0 Å². The monoisotopic (exact) mass is 426 g/mol. The van der Waals surface area contributed by atoms with Crippen LogP contribution in [0.25, 0.3) is 22.5 Å². The topological polar surface area (TPSA) is 80.9 Å². The Morgan fingerprint density at radius 2 is 1.10 bits per heavy atom. The van der Waals surface area contributed by atoms with Crippen LogP contribution in [0.5, 0.6) is 0 Å². The molecule has 1 heterocycles. The molecule has 0 bridgehead atoms. The van der Waals surface area contributed by atoms with E-state index in [0.29, 0.717) is 0 Å². The van der Waals surface area contributed by atoms with Gasteiger partial charge < -0.3 is 0 Å². The molecule has 0 aliphatic rings. The minimum absolute atomic E-state index is 0.0900. The van der Waals surface area contributed by atoms with Crippen LogP contribution in [-0.4, -0.2) is 15.9 Å². The number of alkyl halides is 6. The maximum atomic E-state index is 12.8. The Labute approximate surface area is 165 Å². The van der Waals surface area contributed by atoms with Crippen molar-refractivity contribution in [2.45, 2.75) is 12.4 Å². The smallest absolute Gasteiger partial charge is 0.287 e. The average Bonchev–Trinajstić information content (AvgIpc) is 2.71. The third kappa shape index (κ3) is 4.57. The molecule has 0 fully saturated rings. The molecule has 0 saturated carbocycles. The predicted molar refractivity (Wildman–Crippen MR) is 94.6 cm³/mol. The minimum Gasteiger partial charge on any atom is -0.287 e. The highest BCUT2D eigenvalue weighted by Crippen LogP contribution is 2.33. The van der Waals surface area contributed by atoms with Crippen LogP contribution in [-0.2, 0) is 12.4 Å². The van der Waals surface area contributed by atoms with E-state index in [1.807, 2.05) is 5.43 Å². The Kier molecular flexibility index (Phi) is 5.49. The SMILES string of the molecule is NNC(=O)c1nc(-c2ccc(C(F)(F)F)cc2)cc(-c2ccc(C(F)(F)F)cc2)n1. The van der Waals surface area contributed by atoms with Gasteiger partial charge >= 0.3 is 18.3 Å². The van der Waals surface area contributed by atoms with Crippen LogP contribution in [0.3, 0.4) is 0 Å². The van der Waals surface area contributed by atoms with Gasteiger partial charge in [0.2, 0.25) is 5.82 Å². The maximum Gasteiger partial charge on any atom is 0.416 e. The predicted octanol–water partition coefficient (Wildman–Crippen LogP) is 4.45. The van der Waals surface area contributed by atoms with Crippen LogP contribution in [0.15, 0.2) is 54.6 Å². The summed E-state index contributed by atoms with van der Waals surface area (Å²) < 4.78 is 76.6. The first-order valence-corrected chi connectivity index (χ1v) is 8.24. The fourth-order valence-electron chi connectivity index (χ4n) is 2.57. The van der Waals surface area contributed by atoms with Gasteiger partial charge in [-0.15, -0.1) is 0 Å². The van der Waals surface area contributed by atoms with Crippen LogP contribution in [0, 0.1) is 0 Å². The van der Waals surface area contributed by atoms with Gasteiger partial charge in [-0.1, -0.05) is 24.3 Å². The first kappa shape index (κ1) is 21.2. The van der Waals surface area contributed by atoms with Crippen molar-refractivity contribution in [2.75, 3.05) is 0 Å². The van der Waals surface area contributed by atoms with Crippen molar-refractivity contribution in [3.63, 3.8) is 0 Å². The van der Waals surface area contributed by atoms with E-state index in [0.717, 1.165) is 48.5 Å². The first-order chi connectivity index (χ1) is 14.0. The molecule has 30 heavy (non-hydrogen) atoms. The summed E-state index contributed by atoms with van der Waals surface area (Å²) in [6.07, 6.45) is -9.06. The van der Waals surface area contributed by atoms with Crippen LogP contribution in [0.4, 0.5) is 26.3 Å². The number of benzene rings is 2. The summed E-state index contributed by atoms with van der Waals surface area (Å²) in [5.74, 6) is 3.81. The lowest BCUT2D eigenvalue weighted by Gasteiger charge is -2.11. The summed E-state index contributed by atoms with van der Waals surface area (Å²) in [5.41, 5.74) is 0.752. The zero-order chi connectivity index (χ0) is 22.1. The summed E-state index contributed by atoms with van der Waals surface area (Å²) in [4.78, 5) is 19.9. The number of nitrogens with one attached hydrogen (secondary N) is 1. The van der Waals surface area contributed by atoms with Crippen LogP contribution >= 0.6 is 0 Å². The molecule has 11 heteroatoms. The molecule has 1 aromatic heterocycles. The Morgan fingerprint density at radius 3 is 1.40 bits per heavy atom. The Balaban J connectivity index is 2.08. The zero-order valence-corrected chi connectivity index (χ0v) is 14.8. The number of hydrogen-bond donors (Lipinski definition) is 2. The molecule has 0 unspecified atom stereocenters. The third-order valence-corrected chi connectivity index (χ3v) is 4.08. The fourth-order valence-corrected chi connectivity index (χ4v) is 2.57. The van der Waals surface area contributed by atoms with Gasteiger partial charge in [0.05, 0.1) is 22.5 Å². The summed E-state index contributed by atoms with van der Waals surface area (Å²) in [6.45, 7) is 0. The van der Waals surface area contributed by atoms with Gasteiger partial charge in [-0.3, -0.25) is 10.2 Å². The lowest BCUT2D eigenvalue weighted by atomic mass is 10.0. The summed E-state index contributed by atoms with van der Waals surface area (Å²) >= 11 is 0.